The Bertz CT molecular complexity index is 607. The summed E-state index contributed by atoms with van der Waals surface area (Å²) in [6.07, 6.45) is 1.05. The molecule has 1 aromatic rings. The molecule has 0 spiro atoms. The molecule has 0 saturated heterocycles. The highest BCUT2D eigenvalue weighted by Crippen LogP contribution is 2.12. The van der Waals surface area contributed by atoms with Gasteiger partial charge in [-0.15, -0.1) is 0 Å². The Hall–Kier alpha value is -1.89. The van der Waals surface area contributed by atoms with E-state index in [0.717, 1.165) is 6.26 Å². The molecule has 0 saturated carbocycles. The summed E-state index contributed by atoms with van der Waals surface area (Å²) in [5, 5.41) is 2.57. The van der Waals surface area contributed by atoms with Crippen LogP contribution in [0.4, 0.5) is 0 Å². The number of sulfone groups is 1. The highest BCUT2D eigenvalue weighted by Gasteiger charge is 2.14. The van der Waals surface area contributed by atoms with Crippen molar-refractivity contribution < 1.29 is 22.7 Å². The molecule has 1 rings (SSSR count). The zero-order valence-corrected chi connectivity index (χ0v) is 12.4. The van der Waals surface area contributed by atoms with E-state index in [0.29, 0.717) is 0 Å². The first-order chi connectivity index (χ1) is 9.20. The number of amides is 1. The number of ether oxygens (including phenoxy) is 1. The number of nitrogens with one attached hydrogen (secondary N) is 1. The van der Waals surface area contributed by atoms with E-state index in [-0.39, 0.29) is 16.5 Å². The minimum atomic E-state index is -3.39. The molecular weight excluding hydrogens is 282 g/mol. The monoisotopic (exact) mass is 299 g/mol. The van der Waals surface area contributed by atoms with Crippen molar-refractivity contribution in [3.8, 4) is 0 Å². The lowest BCUT2D eigenvalue weighted by Gasteiger charge is -2.09. The van der Waals surface area contributed by atoms with Gasteiger partial charge in [0.1, 0.15) is 0 Å². The maximum atomic E-state index is 11.7. The van der Waals surface area contributed by atoms with Crippen LogP contribution in [0, 0.1) is 0 Å². The molecule has 0 atom stereocenters. The average Bonchev–Trinajstić information content (AvgIpc) is 2.34. The molecule has 1 amide bonds. The summed E-state index contributed by atoms with van der Waals surface area (Å²) < 4.78 is 27.6. The topological polar surface area (TPSA) is 89.5 Å². The molecule has 0 heterocycles. The molecule has 7 heteroatoms. The molecule has 0 radical (unpaired) electrons. The lowest BCUT2D eigenvalue weighted by atomic mass is 10.2. The molecule has 0 bridgehead atoms. The molecule has 0 aliphatic rings. The van der Waals surface area contributed by atoms with Gasteiger partial charge < -0.3 is 10.1 Å². The van der Waals surface area contributed by atoms with Crippen LogP contribution in [0.1, 0.15) is 24.2 Å². The third-order valence-electron chi connectivity index (χ3n) is 2.28. The first-order valence-corrected chi connectivity index (χ1v) is 7.86. The lowest BCUT2D eigenvalue weighted by molar-refractivity contribution is -0.124. The van der Waals surface area contributed by atoms with Crippen molar-refractivity contribution in [3.63, 3.8) is 0 Å². The maximum absolute atomic E-state index is 11.7. The minimum Gasteiger partial charge on any atom is -0.452 e. The fraction of sp³-hybridized carbons (Fsp3) is 0.385. The summed E-state index contributed by atoms with van der Waals surface area (Å²) in [5.41, 5.74) is 0.0882. The van der Waals surface area contributed by atoms with Crippen LogP contribution in [0.5, 0.6) is 0 Å². The van der Waals surface area contributed by atoms with Crippen molar-refractivity contribution in [1.82, 2.24) is 5.32 Å². The zero-order valence-electron chi connectivity index (χ0n) is 11.5. The predicted octanol–water partition coefficient (Wildman–Crippen LogP) is 0.771. The molecule has 0 aliphatic heterocycles. The van der Waals surface area contributed by atoms with Crippen LogP contribution in [0.25, 0.3) is 0 Å². The molecule has 0 fully saturated rings. The van der Waals surface area contributed by atoms with Crippen LogP contribution in [0.2, 0.25) is 0 Å². The molecule has 110 valence electrons. The molecule has 20 heavy (non-hydrogen) atoms. The third-order valence-corrected chi connectivity index (χ3v) is 3.39. The molecule has 0 aliphatic carbocycles. The second-order valence-electron chi connectivity index (χ2n) is 4.60. The van der Waals surface area contributed by atoms with Crippen molar-refractivity contribution in [2.75, 3.05) is 12.9 Å². The van der Waals surface area contributed by atoms with Crippen LogP contribution >= 0.6 is 0 Å². The number of esters is 1. The first-order valence-electron chi connectivity index (χ1n) is 5.97. The Balaban J connectivity index is 2.72. The largest absolute Gasteiger partial charge is 0.452 e. The smallest absolute Gasteiger partial charge is 0.338 e. The molecule has 0 unspecified atom stereocenters. The molecule has 1 N–H and O–H groups in total. The van der Waals surface area contributed by atoms with E-state index in [1.54, 1.807) is 13.8 Å². The van der Waals surface area contributed by atoms with E-state index in [9.17, 15) is 18.0 Å². The van der Waals surface area contributed by atoms with Crippen LogP contribution in [0.15, 0.2) is 29.2 Å². The number of carbonyl (C=O) groups excluding carboxylic acids is 2. The van der Waals surface area contributed by atoms with Crippen LogP contribution in [-0.2, 0) is 19.4 Å². The summed E-state index contributed by atoms with van der Waals surface area (Å²) in [7, 11) is -3.39. The molecular formula is C13H17NO5S. The van der Waals surface area contributed by atoms with E-state index in [1.165, 1.54) is 24.3 Å². The van der Waals surface area contributed by atoms with Crippen LogP contribution in [0.3, 0.4) is 0 Å². The molecule has 1 aromatic carbocycles. The van der Waals surface area contributed by atoms with E-state index in [4.69, 9.17) is 4.74 Å². The Morgan fingerprint density at radius 3 is 2.50 bits per heavy atom. The standard InChI is InChI=1S/C13H17NO5S/c1-9(2)14-12(15)8-19-13(16)10-5-4-6-11(7-10)20(3,17)18/h4-7,9H,8H2,1-3H3,(H,14,15). The fourth-order valence-corrected chi connectivity index (χ4v) is 2.10. The summed E-state index contributed by atoms with van der Waals surface area (Å²) in [4.78, 5) is 23.1. The van der Waals surface area contributed by atoms with Crippen molar-refractivity contribution in [3.05, 3.63) is 29.8 Å². The van der Waals surface area contributed by atoms with Gasteiger partial charge in [0.25, 0.3) is 5.91 Å². The van der Waals surface area contributed by atoms with Gasteiger partial charge in [0, 0.05) is 12.3 Å². The number of hydrogen-bond acceptors (Lipinski definition) is 5. The Labute approximate surface area is 118 Å². The minimum absolute atomic E-state index is 0.0265. The predicted molar refractivity (Wildman–Crippen MR) is 73.1 cm³/mol. The van der Waals surface area contributed by atoms with Crippen molar-refractivity contribution >= 4 is 21.7 Å². The highest BCUT2D eigenvalue weighted by atomic mass is 32.2. The Kier molecular flexibility index (Phi) is 5.26. The number of carbonyl (C=O) groups is 2. The van der Waals surface area contributed by atoms with E-state index >= 15 is 0 Å². The van der Waals surface area contributed by atoms with Gasteiger partial charge in [-0.05, 0) is 32.0 Å². The van der Waals surface area contributed by atoms with Gasteiger partial charge in [0.05, 0.1) is 10.5 Å². The van der Waals surface area contributed by atoms with Gasteiger partial charge >= 0.3 is 5.97 Å². The SMILES string of the molecule is CC(C)NC(=O)COC(=O)c1cccc(S(C)(=O)=O)c1. The normalized spacial score (nSPS) is 11.2. The number of rotatable bonds is 5. The van der Waals surface area contributed by atoms with E-state index in [2.05, 4.69) is 5.32 Å². The second-order valence-corrected chi connectivity index (χ2v) is 6.61. The first kappa shape index (κ1) is 16.2. The fourth-order valence-electron chi connectivity index (χ4n) is 1.43. The van der Waals surface area contributed by atoms with Gasteiger partial charge in [-0.2, -0.15) is 0 Å². The summed E-state index contributed by atoms with van der Waals surface area (Å²) >= 11 is 0. The van der Waals surface area contributed by atoms with Crippen LogP contribution < -0.4 is 5.32 Å². The lowest BCUT2D eigenvalue weighted by Crippen LogP contribution is -2.34. The average molecular weight is 299 g/mol. The van der Waals surface area contributed by atoms with Crippen molar-refractivity contribution in [2.45, 2.75) is 24.8 Å². The van der Waals surface area contributed by atoms with Crippen molar-refractivity contribution in [2.24, 2.45) is 0 Å². The summed E-state index contributed by atoms with van der Waals surface area (Å²) in [6.45, 7) is 3.17. The van der Waals surface area contributed by atoms with Crippen molar-refractivity contribution in [1.29, 1.82) is 0 Å². The second kappa shape index (κ2) is 6.51. The van der Waals surface area contributed by atoms with Crippen LogP contribution in [-0.4, -0.2) is 39.2 Å². The molecule has 0 aromatic heterocycles. The number of benzene rings is 1. The van der Waals surface area contributed by atoms with Gasteiger partial charge in [-0.3, -0.25) is 4.79 Å². The van der Waals surface area contributed by atoms with Gasteiger partial charge in [-0.25, -0.2) is 13.2 Å². The van der Waals surface area contributed by atoms with Gasteiger partial charge in [0.15, 0.2) is 16.4 Å². The van der Waals surface area contributed by atoms with Gasteiger partial charge in [-0.1, -0.05) is 6.07 Å². The quantitative estimate of drug-likeness (QED) is 0.811. The highest BCUT2D eigenvalue weighted by molar-refractivity contribution is 7.90. The number of hydrogen-bond donors (Lipinski definition) is 1. The van der Waals surface area contributed by atoms with Gasteiger partial charge in [0.2, 0.25) is 0 Å². The van der Waals surface area contributed by atoms with E-state index in [1.807, 2.05) is 0 Å². The summed E-state index contributed by atoms with van der Waals surface area (Å²) in [6, 6.07) is 5.43. The third kappa shape index (κ3) is 5.00. The zero-order chi connectivity index (χ0) is 15.3. The van der Waals surface area contributed by atoms with E-state index < -0.39 is 28.3 Å². The summed E-state index contributed by atoms with van der Waals surface area (Å²) in [5.74, 6) is -1.15. The maximum Gasteiger partial charge on any atom is 0.338 e. The Morgan fingerprint density at radius 2 is 1.95 bits per heavy atom. The Morgan fingerprint density at radius 1 is 1.30 bits per heavy atom. The molecule has 6 nitrogen and oxygen atoms in total.